The van der Waals surface area contributed by atoms with Gasteiger partial charge in [-0.3, -0.25) is 19.3 Å². The van der Waals surface area contributed by atoms with Crippen molar-refractivity contribution in [2.75, 3.05) is 24.8 Å². The van der Waals surface area contributed by atoms with Crippen LogP contribution in [0.25, 0.3) is 0 Å². The van der Waals surface area contributed by atoms with Gasteiger partial charge < -0.3 is 14.7 Å². The standard InChI is InChI=1S/C23H17F4N3O4/c24-14-3-1-12(9-16(14)26)20(13-2-4-15(25)17(27)10-13)30-19-11-34-8-7-28(19)23(33)21-22(32)18(31)5-6-29(21)30/h1-6,9-10,19-20,32H,7-8,11H2/t19-/m1/s1. The van der Waals surface area contributed by atoms with E-state index in [1.807, 2.05) is 0 Å². The van der Waals surface area contributed by atoms with Crippen LogP contribution >= 0.6 is 0 Å². The van der Waals surface area contributed by atoms with Crippen LogP contribution in [0.15, 0.2) is 53.5 Å². The Bertz CT molecular complexity index is 1310. The van der Waals surface area contributed by atoms with Gasteiger partial charge >= 0.3 is 0 Å². The predicted octanol–water partition coefficient (Wildman–Crippen LogP) is 2.65. The highest BCUT2D eigenvalue weighted by atomic mass is 19.2. The maximum absolute atomic E-state index is 14.3. The maximum atomic E-state index is 14.3. The Kier molecular flexibility index (Phi) is 5.28. The number of nitrogens with zero attached hydrogens (tertiary/aromatic N) is 3. The molecule has 3 heterocycles. The quantitative estimate of drug-likeness (QED) is 0.590. The summed E-state index contributed by atoms with van der Waals surface area (Å²) in [5.41, 5.74) is -0.841. The van der Waals surface area contributed by atoms with E-state index in [0.29, 0.717) is 0 Å². The normalized spacial score (nSPS) is 17.7. The molecule has 0 saturated carbocycles. The van der Waals surface area contributed by atoms with Crippen LogP contribution in [0.2, 0.25) is 0 Å². The van der Waals surface area contributed by atoms with Gasteiger partial charge in [0.05, 0.1) is 19.3 Å². The Morgan fingerprint density at radius 2 is 1.53 bits per heavy atom. The van der Waals surface area contributed by atoms with Crippen molar-refractivity contribution in [1.29, 1.82) is 0 Å². The van der Waals surface area contributed by atoms with E-state index in [0.717, 1.165) is 30.3 Å². The molecule has 1 N–H and O–H groups in total. The highest BCUT2D eigenvalue weighted by molar-refractivity contribution is 5.96. The average molecular weight is 475 g/mol. The minimum atomic E-state index is -1.17. The monoisotopic (exact) mass is 475 g/mol. The molecule has 3 aromatic rings. The first kappa shape index (κ1) is 22.0. The molecular weight excluding hydrogens is 458 g/mol. The van der Waals surface area contributed by atoms with Gasteiger partial charge in [0.1, 0.15) is 6.17 Å². The van der Waals surface area contributed by atoms with Gasteiger partial charge in [0, 0.05) is 18.8 Å². The molecule has 34 heavy (non-hydrogen) atoms. The number of amides is 1. The molecule has 2 aliphatic rings. The Balaban J connectivity index is 1.80. The molecule has 0 radical (unpaired) electrons. The minimum Gasteiger partial charge on any atom is -0.502 e. The first-order valence-corrected chi connectivity index (χ1v) is 10.3. The molecule has 1 saturated heterocycles. The van der Waals surface area contributed by atoms with Crippen LogP contribution in [0.4, 0.5) is 17.6 Å². The van der Waals surface area contributed by atoms with Gasteiger partial charge in [0.25, 0.3) is 5.91 Å². The van der Waals surface area contributed by atoms with Crippen LogP contribution in [0.1, 0.15) is 27.7 Å². The van der Waals surface area contributed by atoms with E-state index in [-0.39, 0.29) is 36.6 Å². The molecule has 0 aliphatic carbocycles. The third kappa shape index (κ3) is 3.39. The van der Waals surface area contributed by atoms with Gasteiger partial charge in [-0.2, -0.15) is 0 Å². The predicted molar refractivity (Wildman–Crippen MR) is 111 cm³/mol. The Labute approximate surface area is 190 Å². The number of morpholine rings is 1. The highest BCUT2D eigenvalue weighted by Gasteiger charge is 2.44. The summed E-state index contributed by atoms with van der Waals surface area (Å²) in [4.78, 5) is 26.7. The van der Waals surface area contributed by atoms with E-state index in [1.165, 1.54) is 32.9 Å². The number of halogens is 4. The lowest BCUT2D eigenvalue weighted by Crippen LogP contribution is -2.66. The number of benzene rings is 2. The Hall–Kier alpha value is -3.86. The van der Waals surface area contributed by atoms with Crippen LogP contribution in [0, 0.1) is 23.3 Å². The lowest BCUT2D eigenvalue weighted by Gasteiger charge is -2.51. The topological polar surface area (TPSA) is 75.0 Å². The Morgan fingerprint density at radius 1 is 0.912 bits per heavy atom. The molecule has 2 aliphatic heterocycles. The van der Waals surface area contributed by atoms with E-state index in [9.17, 15) is 32.3 Å². The molecule has 5 rings (SSSR count). The highest BCUT2D eigenvalue weighted by Crippen LogP contribution is 2.36. The van der Waals surface area contributed by atoms with Crippen molar-refractivity contribution in [3.63, 3.8) is 0 Å². The zero-order valence-corrected chi connectivity index (χ0v) is 17.4. The molecule has 2 aromatic carbocycles. The summed E-state index contributed by atoms with van der Waals surface area (Å²) in [6.07, 6.45) is 0.412. The number of carbonyl (C=O) groups is 1. The molecule has 1 fully saturated rings. The van der Waals surface area contributed by atoms with Crippen LogP contribution in [-0.4, -0.2) is 46.5 Å². The molecule has 11 heteroatoms. The van der Waals surface area contributed by atoms with Gasteiger partial charge in [-0.1, -0.05) is 12.1 Å². The number of aromatic hydroxyl groups is 1. The van der Waals surface area contributed by atoms with E-state index >= 15 is 0 Å². The summed E-state index contributed by atoms with van der Waals surface area (Å²) < 4.78 is 62.8. The van der Waals surface area contributed by atoms with E-state index < -0.39 is 52.6 Å². The summed E-state index contributed by atoms with van der Waals surface area (Å²) >= 11 is 0. The van der Waals surface area contributed by atoms with Gasteiger partial charge in [0.15, 0.2) is 34.7 Å². The van der Waals surface area contributed by atoms with Crippen molar-refractivity contribution in [1.82, 2.24) is 9.58 Å². The molecule has 0 unspecified atom stereocenters. The molecule has 1 amide bonds. The number of hydrogen-bond acceptors (Lipinski definition) is 5. The number of rotatable bonds is 3. The lowest BCUT2D eigenvalue weighted by molar-refractivity contribution is -0.0197. The molecular formula is C23H17F4N3O4. The van der Waals surface area contributed by atoms with Crippen molar-refractivity contribution >= 4 is 5.91 Å². The molecule has 0 spiro atoms. The van der Waals surface area contributed by atoms with Crippen molar-refractivity contribution in [2.24, 2.45) is 0 Å². The van der Waals surface area contributed by atoms with Gasteiger partial charge in [0.2, 0.25) is 5.43 Å². The molecule has 1 atom stereocenters. The zero-order chi connectivity index (χ0) is 24.1. The third-order valence-corrected chi connectivity index (χ3v) is 5.96. The fraction of sp³-hybridized carbons (Fsp3) is 0.217. The SMILES string of the molecule is O=C1c2c(O)c(=O)ccn2N(C(c2ccc(F)c(F)c2)c2ccc(F)c(F)c2)[C@@H]2COCCN12. The number of aromatic nitrogens is 1. The summed E-state index contributed by atoms with van der Waals surface area (Å²) in [6.45, 7) is 0.293. The van der Waals surface area contributed by atoms with Crippen LogP contribution in [-0.2, 0) is 4.74 Å². The molecule has 0 bridgehead atoms. The van der Waals surface area contributed by atoms with Gasteiger partial charge in [-0.25, -0.2) is 17.6 Å². The summed E-state index contributed by atoms with van der Waals surface area (Å²) in [7, 11) is 0. The largest absolute Gasteiger partial charge is 0.502 e. The van der Waals surface area contributed by atoms with E-state index in [1.54, 1.807) is 0 Å². The van der Waals surface area contributed by atoms with Crippen molar-refractivity contribution in [3.8, 4) is 5.75 Å². The summed E-state index contributed by atoms with van der Waals surface area (Å²) in [5, 5.41) is 11.9. The number of fused-ring (bicyclic) bond motifs is 2. The fourth-order valence-corrected chi connectivity index (χ4v) is 4.39. The number of pyridine rings is 1. The van der Waals surface area contributed by atoms with Gasteiger partial charge in [-0.15, -0.1) is 0 Å². The third-order valence-electron chi connectivity index (χ3n) is 5.96. The second kappa shape index (κ2) is 8.17. The fourth-order valence-electron chi connectivity index (χ4n) is 4.39. The maximum Gasteiger partial charge on any atom is 0.278 e. The first-order valence-electron chi connectivity index (χ1n) is 10.3. The average Bonchev–Trinajstić information content (AvgIpc) is 2.82. The van der Waals surface area contributed by atoms with Crippen molar-refractivity contribution < 1.29 is 32.2 Å². The van der Waals surface area contributed by atoms with Crippen LogP contribution in [0.3, 0.4) is 0 Å². The number of carbonyl (C=O) groups excluding carboxylic acids is 1. The number of hydrogen-bond donors (Lipinski definition) is 1. The van der Waals surface area contributed by atoms with E-state index in [4.69, 9.17) is 4.74 Å². The molecule has 1 aromatic heterocycles. The first-order chi connectivity index (χ1) is 16.3. The van der Waals surface area contributed by atoms with Crippen molar-refractivity contribution in [2.45, 2.75) is 12.2 Å². The van der Waals surface area contributed by atoms with Crippen molar-refractivity contribution in [3.05, 3.63) is 99.0 Å². The smallest absolute Gasteiger partial charge is 0.278 e. The second-order valence-corrected chi connectivity index (χ2v) is 7.91. The Morgan fingerprint density at radius 3 is 2.12 bits per heavy atom. The van der Waals surface area contributed by atoms with Crippen LogP contribution in [0.5, 0.6) is 5.75 Å². The van der Waals surface area contributed by atoms with Crippen LogP contribution < -0.4 is 10.4 Å². The molecule has 7 nitrogen and oxygen atoms in total. The van der Waals surface area contributed by atoms with E-state index in [2.05, 4.69) is 0 Å². The second-order valence-electron chi connectivity index (χ2n) is 7.91. The summed E-state index contributed by atoms with van der Waals surface area (Å²) in [5.74, 6) is -5.97. The zero-order valence-electron chi connectivity index (χ0n) is 17.4. The lowest BCUT2D eigenvalue weighted by atomic mass is 9.96. The van der Waals surface area contributed by atoms with Gasteiger partial charge in [-0.05, 0) is 35.4 Å². The summed E-state index contributed by atoms with van der Waals surface area (Å²) in [6, 6.07) is 6.09. The minimum absolute atomic E-state index is 0.0120. The number of ether oxygens (including phenoxy) is 1. The molecule has 176 valence electrons.